The molecule has 1 N–H and O–H groups in total. The summed E-state index contributed by atoms with van der Waals surface area (Å²) in [5.41, 5.74) is 0.760. The number of rotatable bonds is 5. The highest BCUT2D eigenvalue weighted by Gasteiger charge is 2.45. The molecule has 0 radical (unpaired) electrons. The third-order valence-corrected chi connectivity index (χ3v) is 4.39. The highest BCUT2D eigenvalue weighted by atomic mass is 32.2. The zero-order valence-corrected chi connectivity index (χ0v) is 11.7. The molecule has 0 amide bonds. The fraction of sp³-hybridized carbons (Fsp3) is 0.500. The van der Waals surface area contributed by atoms with Crippen LogP contribution in [0.3, 0.4) is 0 Å². The smallest absolute Gasteiger partial charge is 0.313 e. The van der Waals surface area contributed by atoms with Gasteiger partial charge >= 0.3 is 5.97 Å². The van der Waals surface area contributed by atoms with Crippen LogP contribution in [-0.4, -0.2) is 25.9 Å². The molecular weight excluding hydrogens is 246 g/mol. The summed E-state index contributed by atoms with van der Waals surface area (Å²) in [5, 5.41) is 3.34. The number of hydrogen-bond donors (Lipinski definition) is 1. The maximum Gasteiger partial charge on any atom is 0.313 e. The van der Waals surface area contributed by atoms with Crippen molar-refractivity contribution in [2.24, 2.45) is 5.41 Å². The first-order valence-corrected chi connectivity index (χ1v) is 7.39. The Morgan fingerprint density at radius 2 is 2.06 bits per heavy atom. The molecule has 98 valence electrons. The Hall–Kier alpha value is -1.16. The average Bonchev–Trinajstić information content (AvgIpc) is 2.37. The molecule has 4 heteroatoms. The number of carbonyl (C=O) groups is 1. The number of anilines is 1. The molecule has 0 aliphatic heterocycles. The molecule has 1 aromatic rings. The third kappa shape index (κ3) is 2.64. The van der Waals surface area contributed by atoms with Crippen LogP contribution in [0.4, 0.5) is 5.69 Å². The van der Waals surface area contributed by atoms with Gasteiger partial charge in [-0.1, -0.05) is 6.42 Å². The van der Waals surface area contributed by atoms with Crippen LogP contribution in [-0.2, 0) is 9.53 Å². The summed E-state index contributed by atoms with van der Waals surface area (Å²) in [5.74, 6) is -0.0815. The van der Waals surface area contributed by atoms with Gasteiger partial charge in [0, 0.05) is 17.1 Å². The Balaban J connectivity index is 1.95. The summed E-state index contributed by atoms with van der Waals surface area (Å²) < 4.78 is 4.90. The third-order valence-electron chi connectivity index (χ3n) is 3.65. The van der Waals surface area contributed by atoms with Crippen LogP contribution >= 0.6 is 11.8 Å². The Labute approximate surface area is 112 Å². The zero-order chi connectivity index (χ0) is 13.0. The molecule has 1 aliphatic carbocycles. The van der Waals surface area contributed by atoms with Crippen molar-refractivity contribution in [2.75, 3.05) is 25.2 Å². The molecule has 1 aromatic carbocycles. The van der Waals surface area contributed by atoms with Crippen molar-refractivity contribution in [3.8, 4) is 0 Å². The molecule has 0 aromatic heterocycles. The van der Waals surface area contributed by atoms with Gasteiger partial charge in [-0.15, -0.1) is 11.8 Å². The molecule has 0 unspecified atom stereocenters. The fourth-order valence-corrected chi connectivity index (χ4v) is 2.66. The summed E-state index contributed by atoms with van der Waals surface area (Å²) in [4.78, 5) is 13.0. The van der Waals surface area contributed by atoms with E-state index in [9.17, 15) is 4.79 Å². The standard InChI is InChI=1S/C14H19NO2S/c1-17-13(16)14(8-3-9-14)10-15-11-4-6-12(18-2)7-5-11/h4-7,15H,3,8-10H2,1-2H3. The van der Waals surface area contributed by atoms with Crippen molar-refractivity contribution in [1.82, 2.24) is 0 Å². The lowest BCUT2D eigenvalue weighted by atomic mass is 9.68. The van der Waals surface area contributed by atoms with Gasteiger partial charge in [-0.05, 0) is 43.4 Å². The van der Waals surface area contributed by atoms with Gasteiger partial charge in [0.2, 0.25) is 0 Å². The first kappa shape index (κ1) is 13.3. The maximum atomic E-state index is 11.8. The van der Waals surface area contributed by atoms with Crippen molar-refractivity contribution in [1.29, 1.82) is 0 Å². The van der Waals surface area contributed by atoms with E-state index in [4.69, 9.17) is 4.74 Å². The molecule has 1 fully saturated rings. The highest BCUT2D eigenvalue weighted by Crippen LogP contribution is 2.42. The summed E-state index contributed by atoms with van der Waals surface area (Å²) >= 11 is 1.72. The van der Waals surface area contributed by atoms with Gasteiger partial charge in [-0.3, -0.25) is 4.79 Å². The van der Waals surface area contributed by atoms with Crippen LogP contribution in [0.1, 0.15) is 19.3 Å². The Morgan fingerprint density at radius 1 is 1.39 bits per heavy atom. The predicted octanol–water partition coefficient (Wildman–Crippen LogP) is 3.16. The number of ether oxygens (including phenoxy) is 1. The zero-order valence-electron chi connectivity index (χ0n) is 10.9. The lowest BCUT2D eigenvalue weighted by Crippen LogP contribution is -2.44. The summed E-state index contributed by atoms with van der Waals surface area (Å²) in [7, 11) is 1.47. The van der Waals surface area contributed by atoms with Gasteiger partial charge < -0.3 is 10.1 Å². The topological polar surface area (TPSA) is 38.3 Å². The number of methoxy groups -OCH3 is 1. The minimum Gasteiger partial charge on any atom is -0.469 e. The lowest BCUT2D eigenvalue weighted by molar-refractivity contribution is -0.157. The van der Waals surface area contributed by atoms with Gasteiger partial charge in [-0.25, -0.2) is 0 Å². The molecule has 18 heavy (non-hydrogen) atoms. The van der Waals surface area contributed by atoms with E-state index in [1.165, 1.54) is 12.0 Å². The van der Waals surface area contributed by atoms with E-state index in [1.807, 2.05) is 0 Å². The van der Waals surface area contributed by atoms with E-state index < -0.39 is 0 Å². The average molecular weight is 265 g/mol. The number of nitrogens with one attached hydrogen (secondary N) is 1. The molecule has 0 spiro atoms. The van der Waals surface area contributed by atoms with Gasteiger partial charge in [0.1, 0.15) is 0 Å². The Kier molecular flexibility index (Phi) is 4.17. The van der Waals surface area contributed by atoms with Crippen LogP contribution in [0, 0.1) is 5.41 Å². The first-order valence-electron chi connectivity index (χ1n) is 6.16. The number of thioether (sulfide) groups is 1. The van der Waals surface area contributed by atoms with Crippen LogP contribution in [0.15, 0.2) is 29.2 Å². The van der Waals surface area contributed by atoms with Crippen LogP contribution < -0.4 is 5.32 Å². The predicted molar refractivity (Wildman–Crippen MR) is 75.0 cm³/mol. The molecule has 2 rings (SSSR count). The molecule has 0 saturated heterocycles. The Morgan fingerprint density at radius 3 is 2.50 bits per heavy atom. The van der Waals surface area contributed by atoms with Gasteiger partial charge in [0.05, 0.1) is 12.5 Å². The van der Waals surface area contributed by atoms with Crippen molar-refractivity contribution in [3.05, 3.63) is 24.3 Å². The molecule has 0 bridgehead atoms. The van der Waals surface area contributed by atoms with E-state index >= 15 is 0 Å². The van der Waals surface area contributed by atoms with Gasteiger partial charge in [0.25, 0.3) is 0 Å². The minimum atomic E-state index is -0.299. The molecule has 3 nitrogen and oxygen atoms in total. The van der Waals surface area contributed by atoms with E-state index in [0.717, 1.165) is 24.9 Å². The highest BCUT2D eigenvalue weighted by molar-refractivity contribution is 7.98. The fourth-order valence-electron chi connectivity index (χ4n) is 2.25. The summed E-state index contributed by atoms with van der Waals surface area (Å²) in [6, 6.07) is 8.27. The number of esters is 1. The van der Waals surface area contributed by atoms with Crippen molar-refractivity contribution < 1.29 is 9.53 Å². The SMILES string of the molecule is COC(=O)C1(CNc2ccc(SC)cc2)CCC1. The van der Waals surface area contributed by atoms with E-state index in [0.29, 0.717) is 6.54 Å². The molecule has 0 heterocycles. The monoisotopic (exact) mass is 265 g/mol. The maximum absolute atomic E-state index is 11.8. The summed E-state index contributed by atoms with van der Waals surface area (Å²) in [6.07, 6.45) is 5.02. The lowest BCUT2D eigenvalue weighted by Gasteiger charge is -2.39. The summed E-state index contributed by atoms with van der Waals surface area (Å²) in [6.45, 7) is 0.665. The second kappa shape index (κ2) is 5.65. The van der Waals surface area contributed by atoms with Crippen molar-refractivity contribution in [3.63, 3.8) is 0 Å². The molecule has 1 aliphatic rings. The second-order valence-corrected chi connectivity index (χ2v) is 5.59. The largest absolute Gasteiger partial charge is 0.469 e. The quantitative estimate of drug-likeness (QED) is 0.655. The normalized spacial score (nSPS) is 16.8. The van der Waals surface area contributed by atoms with Crippen molar-refractivity contribution in [2.45, 2.75) is 24.2 Å². The van der Waals surface area contributed by atoms with Gasteiger partial charge in [-0.2, -0.15) is 0 Å². The van der Waals surface area contributed by atoms with Crippen molar-refractivity contribution >= 4 is 23.4 Å². The van der Waals surface area contributed by atoms with E-state index in [-0.39, 0.29) is 11.4 Å². The van der Waals surface area contributed by atoms with Gasteiger partial charge in [0.15, 0.2) is 0 Å². The Bertz CT molecular complexity index is 412. The van der Waals surface area contributed by atoms with Crippen LogP contribution in [0.25, 0.3) is 0 Å². The number of hydrogen-bond acceptors (Lipinski definition) is 4. The molecule has 0 atom stereocenters. The second-order valence-electron chi connectivity index (χ2n) is 4.71. The van der Waals surface area contributed by atoms with Crippen LogP contribution in [0.5, 0.6) is 0 Å². The number of carbonyl (C=O) groups excluding carboxylic acids is 1. The van der Waals surface area contributed by atoms with E-state index in [1.54, 1.807) is 11.8 Å². The molecule has 1 saturated carbocycles. The number of benzene rings is 1. The van der Waals surface area contributed by atoms with E-state index in [2.05, 4.69) is 35.8 Å². The molecular formula is C14H19NO2S. The van der Waals surface area contributed by atoms with Crippen LogP contribution in [0.2, 0.25) is 0 Å². The first-order chi connectivity index (χ1) is 8.70. The minimum absolute atomic E-state index is 0.0815.